The average molecular weight is 508 g/mol. The van der Waals surface area contributed by atoms with Gasteiger partial charge in [-0.15, -0.1) is 0 Å². The predicted molar refractivity (Wildman–Crippen MR) is 141 cm³/mol. The molecule has 4 N–H and O–H groups in total. The number of alkyl halides is 1. The highest BCUT2D eigenvalue weighted by Crippen LogP contribution is 2.72. The smallest absolute Gasteiger partial charge is 0.140 e. The van der Waals surface area contributed by atoms with Crippen molar-refractivity contribution in [2.45, 2.75) is 87.0 Å². The van der Waals surface area contributed by atoms with Crippen molar-refractivity contribution in [1.82, 2.24) is 9.88 Å². The van der Waals surface area contributed by atoms with Gasteiger partial charge < -0.3 is 25.6 Å². The zero-order valence-electron chi connectivity index (χ0n) is 22.0. The number of halogens is 1. The summed E-state index contributed by atoms with van der Waals surface area (Å²) in [6, 6.07) is 8.13. The van der Waals surface area contributed by atoms with Gasteiger partial charge in [0, 0.05) is 29.5 Å². The second-order valence-electron chi connectivity index (χ2n) is 13.0. The van der Waals surface area contributed by atoms with Gasteiger partial charge >= 0.3 is 0 Å². The molecule has 2 aromatic rings. The summed E-state index contributed by atoms with van der Waals surface area (Å²) < 4.78 is 24.3. The zero-order chi connectivity index (χ0) is 26.0. The number of fused-ring (bicyclic) bond motifs is 2. The van der Waals surface area contributed by atoms with Crippen LogP contribution in [0.25, 0.3) is 16.3 Å². The van der Waals surface area contributed by atoms with Crippen molar-refractivity contribution in [1.29, 1.82) is 0 Å². The first-order valence-electron chi connectivity index (χ1n) is 13.8. The van der Waals surface area contributed by atoms with Crippen LogP contribution < -0.4 is 5.73 Å². The van der Waals surface area contributed by atoms with E-state index >= 15 is 4.39 Å². The van der Waals surface area contributed by atoms with Gasteiger partial charge in [0.25, 0.3) is 0 Å². The van der Waals surface area contributed by atoms with Crippen molar-refractivity contribution in [3.05, 3.63) is 42.1 Å². The van der Waals surface area contributed by atoms with E-state index in [0.29, 0.717) is 25.1 Å². The van der Waals surface area contributed by atoms with Gasteiger partial charge in [0.1, 0.15) is 17.1 Å². The second kappa shape index (κ2) is 7.53. The highest BCUT2D eigenvalue weighted by molar-refractivity contribution is 5.88. The Morgan fingerprint density at radius 3 is 2.65 bits per heavy atom. The number of hydrogen-bond donors (Lipinski definition) is 3. The third-order valence-electron chi connectivity index (χ3n) is 11.3. The van der Waals surface area contributed by atoms with Crippen molar-refractivity contribution >= 4 is 22.2 Å². The number of allylic oxidation sites excluding steroid dienone is 2. The molecule has 2 saturated carbocycles. The first kappa shape index (κ1) is 24.0. The third kappa shape index (κ3) is 2.97. The minimum absolute atomic E-state index is 0.0381. The normalized spacial score (nSPS) is 46.5. The van der Waals surface area contributed by atoms with Crippen molar-refractivity contribution < 1.29 is 19.3 Å². The molecule has 3 unspecified atom stereocenters. The fourth-order valence-corrected chi connectivity index (χ4v) is 9.33. The number of anilines is 1. The van der Waals surface area contributed by atoms with E-state index in [1.54, 1.807) is 0 Å². The van der Waals surface area contributed by atoms with Crippen molar-refractivity contribution in [3.63, 3.8) is 0 Å². The number of pyridine rings is 1. The van der Waals surface area contributed by atoms with Crippen molar-refractivity contribution in [2.75, 3.05) is 19.8 Å². The van der Waals surface area contributed by atoms with Crippen LogP contribution in [0.5, 0.6) is 0 Å². The molecule has 0 radical (unpaired) electrons. The number of nitrogens with zero attached hydrogens (tertiary/aromatic N) is 2. The standard InChI is InChI=1S/C30H38FN3O3/c1-27-8-10-29(31)14-21-25(35)26(36)22(34(2)3)15-28(21)9-11-30(29,37-28)23(27)7-6-20(27)18-5-4-17-13-24(32)33-16-19(17)12-18/h4-6,12-13,16,21-23,25-26,35-36H,7-11,14-15H2,1-3H3,(H2,32,33)/t21?,22-,23?,25+,26+,27+,28+,29?,30-/m0/s1. The fraction of sp³-hybridized carbons (Fsp3) is 0.633. The molecule has 4 fully saturated rings. The number of aliphatic hydroxyl groups excluding tert-OH is 2. The van der Waals surface area contributed by atoms with Crippen molar-refractivity contribution in [2.24, 2.45) is 17.3 Å². The van der Waals surface area contributed by atoms with Crippen LogP contribution in [0.3, 0.4) is 0 Å². The van der Waals surface area contributed by atoms with E-state index in [2.05, 4.69) is 36.2 Å². The molecule has 2 aliphatic heterocycles. The molecule has 6 nitrogen and oxygen atoms in total. The summed E-state index contributed by atoms with van der Waals surface area (Å²) in [6.07, 6.45) is 6.53. The lowest BCUT2D eigenvalue weighted by Gasteiger charge is -2.64. The third-order valence-corrected chi connectivity index (χ3v) is 11.3. The lowest BCUT2D eigenvalue weighted by molar-refractivity contribution is -0.314. The summed E-state index contributed by atoms with van der Waals surface area (Å²) in [5, 5.41) is 24.2. The number of nitrogens with two attached hydrogens (primary N) is 1. The van der Waals surface area contributed by atoms with Crippen LogP contribution in [0.15, 0.2) is 36.5 Å². The topological polar surface area (TPSA) is 91.8 Å². The van der Waals surface area contributed by atoms with E-state index in [-0.39, 0.29) is 29.7 Å². The van der Waals surface area contributed by atoms with E-state index in [4.69, 9.17) is 10.5 Å². The van der Waals surface area contributed by atoms with Crippen molar-refractivity contribution in [3.8, 4) is 0 Å². The SMILES string of the molecule is CN(C)[C@H]1C[C@@]23CC[C@]4(O2)C2CC=C(c5ccc6cc(N)ncc6c5)[C@@]2(C)CCC4(F)CC3[C@@H](O)[C@@H]1O. The number of likely N-dealkylation sites (N-methyl/N-ethyl adjacent to an activating group) is 1. The Hall–Kier alpha value is -2.06. The number of ether oxygens (including phenoxy) is 1. The molecular weight excluding hydrogens is 469 g/mol. The molecule has 7 rings (SSSR count). The molecule has 2 bridgehead atoms. The largest absolute Gasteiger partial charge is 0.390 e. The first-order chi connectivity index (χ1) is 17.5. The van der Waals surface area contributed by atoms with Gasteiger partial charge in [-0.2, -0.15) is 0 Å². The Balaban J connectivity index is 1.26. The minimum atomic E-state index is -1.50. The number of rotatable bonds is 2. The molecule has 3 aliphatic carbocycles. The Labute approximate surface area is 217 Å². The Kier molecular flexibility index (Phi) is 4.89. The van der Waals surface area contributed by atoms with E-state index in [0.717, 1.165) is 35.6 Å². The first-order valence-corrected chi connectivity index (χ1v) is 13.8. The summed E-state index contributed by atoms with van der Waals surface area (Å²) in [5.41, 5.74) is 5.19. The number of aromatic nitrogens is 1. The van der Waals surface area contributed by atoms with E-state index < -0.39 is 29.1 Å². The number of benzene rings is 1. The summed E-state index contributed by atoms with van der Waals surface area (Å²) >= 11 is 0. The molecule has 3 heterocycles. The molecule has 0 amide bonds. The molecule has 7 heteroatoms. The molecule has 2 saturated heterocycles. The Morgan fingerprint density at radius 2 is 1.86 bits per heavy atom. The summed E-state index contributed by atoms with van der Waals surface area (Å²) in [5.74, 6) is 0.173. The van der Waals surface area contributed by atoms with Crippen LogP contribution in [-0.2, 0) is 4.74 Å². The Bertz CT molecular complexity index is 1320. The minimum Gasteiger partial charge on any atom is -0.390 e. The lowest BCUT2D eigenvalue weighted by atomic mass is 9.51. The highest BCUT2D eigenvalue weighted by Gasteiger charge is 2.77. The summed E-state index contributed by atoms with van der Waals surface area (Å²) in [4.78, 5) is 6.26. The van der Waals surface area contributed by atoms with Gasteiger partial charge in [-0.25, -0.2) is 9.37 Å². The average Bonchev–Trinajstić information content (AvgIpc) is 3.39. The van der Waals surface area contributed by atoms with Gasteiger partial charge in [-0.3, -0.25) is 0 Å². The van der Waals surface area contributed by atoms with Crippen LogP contribution in [0.1, 0.15) is 57.4 Å². The highest BCUT2D eigenvalue weighted by atomic mass is 19.1. The second-order valence-corrected chi connectivity index (χ2v) is 13.0. The summed E-state index contributed by atoms with van der Waals surface area (Å²) in [7, 11) is 3.87. The number of hydrogen-bond acceptors (Lipinski definition) is 6. The molecule has 37 heavy (non-hydrogen) atoms. The van der Waals surface area contributed by atoms with Gasteiger partial charge in [0.05, 0.1) is 17.8 Å². The zero-order valence-corrected chi connectivity index (χ0v) is 22.0. The number of nitrogen functional groups attached to an aromatic ring is 1. The maximum atomic E-state index is 17.2. The Morgan fingerprint density at radius 1 is 1.05 bits per heavy atom. The van der Waals surface area contributed by atoms with E-state index in [1.165, 1.54) is 5.57 Å². The van der Waals surface area contributed by atoms with Crippen LogP contribution in [0.2, 0.25) is 0 Å². The fourth-order valence-electron chi connectivity index (χ4n) is 9.33. The maximum Gasteiger partial charge on any atom is 0.140 e. The van der Waals surface area contributed by atoms with Gasteiger partial charge in [0.2, 0.25) is 0 Å². The molecule has 5 aliphatic rings. The molecule has 2 spiro atoms. The van der Waals surface area contributed by atoms with Gasteiger partial charge in [0.15, 0.2) is 0 Å². The molecule has 9 atom stereocenters. The monoisotopic (exact) mass is 507 g/mol. The van der Waals surface area contributed by atoms with Crippen LogP contribution >= 0.6 is 0 Å². The quantitative estimate of drug-likeness (QED) is 0.567. The van der Waals surface area contributed by atoms with Crippen LogP contribution in [-0.4, -0.2) is 69.3 Å². The van der Waals surface area contributed by atoms with Crippen LogP contribution in [0.4, 0.5) is 10.2 Å². The van der Waals surface area contributed by atoms with E-state index in [1.807, 2.05) is 31.3 Å². The lowest BCUT2D eigenvalue weighted by Crippen LogP contribution is -2.72. The predicted octanol–water partition coefficient (Wildman–Crippen LogP) is 4.09. The van der Waals surface area contributed by atoms with Crippen LogP contribution in [0, 0.1) is 17.3 Å². The van der Waals surface area contributed by atoms with E-state index in [9.17, 15) is 10.2 Å². The van der Waals surface area contributed by atoms with Gasteiger partial charge in [-0.1, -0.05) is 25.1 Å². The molecule has 1 aromatic heterocycles. The number of aliphatic hydroxyl groups is 2. The van der Waals surface area contributed by atoms with Gasteiger partial charge in [-0.05, 0) is 93.1 Å². The maximum absolute atomic E-state index is 17.2. The summed E-state index contributed by atoms with van der Waals surface area (Å²) in [6.45, 7) is 2.30. The molecule has 198 valence electrons. The molecular formula is C30H38FN3O3. The molecule has 1 aromatic carbocycles.